The van der Waals surface area contributed by atoms with Gasteiger partial charge in [-0.05, 0) is 25.8 Å². The van der Waals surface area contributed by atoms with Crippen molar-refractivity contribution in [1.82, 2.24) is 4.90 Å². The third kappa shape index (κ3) is 8.64. The molecule has 2 aromatic carbocycles. The Labute approximate surface area is 357 Å². The van der Waals surface area contributed by atoms with Crippen molar-refractivity contribution in [3.8, 4) is 17.2 Å². The van der Waals surface area contributed by atoms with Gasteiger partial charge in [0.15, 0.2) is 17.5 Å². The van der Waals surface area contributed by atoms with Crippen LogP contribution in [0.15, 0.2) is 46.1 Å². The van der Waals surface area contributed by atoms with Crippen LogP contribution in [0, 0.1) is 36.5 Å². The summed E-state index contributed by atoms with van der Waals surface area (Å²) in [5.41, 5.74) is -0.243. The number of phenolic OH excluding ortho intramolecular Hbond substituents is 2. The number of aromatic hydroxyl groups is 2. The largest absolute Gasteiger partial charge is 0.507 e. The molecule has 0 aromatic heterocycles. The Morgan fingerprint density at radius 1 is 0.967 bits per heavy atom. The van der Waals surface area contributed by atoms with Gasteiger partial charge in [-0.2, -0.15) is 0 Å². The van der Waals surface area contributed by atoms with Crippen molar-refractivity contribution in [3.63, 3.8) is 0 Å². The van der Waals surface area contributed by atoms with E-state index < -0.39 is 83.3 Å². The highest BCUT2D eigenvalue weighted by atomic mass is 16.7. The molecule has 4 bridgehead atoms. The number of hydrogen-bond acceptors (Lipinski definition) is 14. The first-order valence-corrected chi connectivity index (χ1v) is 21.4. The van der Waals surface area contributed by atoms with Gasteiger partial charge < -0.3 is 54.7 Å². The summed E-state index contributed by atoms with van der Waals surface area (Å²) in [4.78, 5) is 39.1. The van der Waals surface area contributed by atoms with Crippen LogP contribution in [0.2, 0.25) is 0 Å². The molecule has 1 fully saturated rings. The number of phenols is 2. The van der Waals surface area contributed by atoms with Crippen LogP contribution in [0.5, 0.6) is 17.2 Å². The van der Waals surface area contributed by atoms with Gasteiger partial charge in [-0.25, -0.2) is 0 Å². The number of hydrogen-bond donors (Lipinski definition) is 6. The first-order chi connectivity index (χ1) is 28.6. The minimum Gasteiger partial charge on any atom is -0.507 e. The van der Waals surface area contributed by atoms with Crippen molar-refractivity contribution in [3.05, 3.63) is 58.0 Å². The lowest BCUT2D eigenvalue weighted by atomic mass is 9.78. The second-order valence-corrected chi connectivity index (χ2v) is 18.1. The number of amides is 1. The minimum absolute atomic E-state index is 0.0265. The summed E-state index contributed by atoms with van der Waals surface area (Å²) in [6, 6.07) is 0. The van der Waals surface area contributed by atoms with Crippen molar-refractivity contribution in [2.45, 2.75) is 124 Å². The quantitative estimate of drug-likeness (QED) is 0.184. The molecule has 1 amide bonds. The van der Waals surface area contributed by atoms with Crippen molar-refractivity contribution in [2.24, 2.45) is 39.6 Å². The number of carbonyl (C=O) groups excluding carboxylic acids is 2. The molecule has 334 valence electrons. The zero-order chi connectivity index (χ0) is 44.9. The molecule has 0 saturated carbocycles. The van der Waals surface area contributed by atoms with Crippen molar-refractivity contribution in [2.75, 3.05) is 32.1 Å². The number of aliphatic hydroxyl groups excluding tert-OH is 3. The fraction of sp³-hybridized carbons (Fsp3) is 0.609. The van der Waals surface area contributed by atoms with Crippen LogP contribution >= 0.6 is 0 Å². The number of carbonyl (C=O) groups is 2. The number of benzene rings is 2. The fourth-order valence-electron chi connectivity index (χ4n) is 9.35. The Morgan fingerprint density at radius 3 is 2.25 bits per heavy atom. The van der Waals surface area contributed by atoms with Gasteiger partial charge in [-0.15, -0.1) is 0 Å². The van der Waals surface area contributed by atoms with Gasteiger partial charge in [0.1, 0.15) is 28.6 Å². The van der Waals surface area contributed by atoms with Gasteiger partial charge in [-0.1, -0.05) is 59.8 Å². The van der Waals surface area contributed by atoms with Gasteiger partial charge >= 0.3 is 5.97 Å². The highest BCUT2D eigenvalue weighted by Gasteiger charge is 2.50. The lowest BCUT2D eigenvalue weighted by Gasteiger charge is -2.38. The van der Waals surface area contributed by atoms with E-state index in [0.717, 1.165) is 19.6 Å². The van der Waals surface area contributed by atoms with E-state index in [-0.39, 0.29) is 50.0 Å². The number of aliphatic hydroxyl groups is 3. The van der Waals surface area contributed by atoms with Crippen LogP contribution < -0.4 is 20.8 Å². The predicted molar refractivity (Wildman–Crippen MR) is 228 cm³/mol. The second kappa shape index (κ2) is 17.7. The molecule has 4 heterocycles. The van der Waals surface area contributed by atoms with E-state index in [4.69, 9.17) is 28.9 Å². The molecule has 6 rings (SSSR count). The monoisotopic (exact) mass is 848 g/mol. The van der Waals surface area contributed by atoms with Crippen LogP contribution in [0.1, 0.15) is 92.4 Å². The number of allylic oxidation sites excluding steroid dienone is 2. The number of methoxy groups -OCH3 is 1. The maximum Gasteiger partial charge on any atom is 0.302 e. The van der Waals surface area contributed by atoms with Crippen LogP contribution in [0.3, 0.4) is 0 Å². The SMILES string of the molecule is COC1/C=C/OC2(C)Oc3c(C)c(O)c4c(O)c(c5c(c4c3C2O)=NC2(CCN(CC(C)C)CC2)N=5)NC(=O)/C(C)=C\C=C\C(C)C(O)C(C)C(O)C(C)C(OC(C)=O)C1C. The molecule has 10 atom stereocenters. The third-order valence-corrected chi connectivity index (χ3v) is 13.1. The molecular formula is C46H64N4O11. The van der Waals surface area contributed by atoms with E-state index in [0.29, 0.717) is 24.1 Å². The topological polar surface area (TPSA) is 212 Å². The summed E-state index contributed by atoms with van der Waals surface area (Å²) < 4.78 is 24.2. The molecule has 0 aliphatic carbocycles. The number of esters is 1. The lowest BCUT2D eigenvalue weighted by Crippen LogP contribution is -2.46. The number of likely N-dealkylation sites (tertiary alicyclic amines) is 1. The summed E-state index contributed by atoms with van der Waals surface area (Å²) in [5, 5.41) is 62.8. The molecule has 61 heavy (non-hydrogen) atoms. The summed E-state index contributed by atoms with van der Waals surface area (Å²) >= 11 is 0. The summed E-state index contributed by atoms with van der Waals surface area (Å²) in [6.07, 6.45) is 3.79. The summed E-state index contributed by atoms with van der Waals surface area (Å²) in [7, 11) is 1.48. The molecule has 0 radical (unpaired) electrons. The van der Waals surface area contributed by atoms with Crippen LogP contribution in [-0.4, -0.2) is 105 Å². The predicted octanol–water partition coefficient (Wildman–Crippen LogP) is 4.60. The average Bonchev–Trinajstić information content (AvgIpc) is 3.71. The van der Waals surface area contributed by atoms with Crippen LogP contribution in [0.4, 0.5) is 5.69 Å². The average molecular weight is 849 g/mol. The Bertz CT molecular complexity index is 2250. The second-order valence-electron chi connectivity index (χ2n) is 18.1. The van der Waals surface area contributed by atoms with Gasteiger partial charge in [0.25, 0.3) is 11.7 Å². The molecule has 1 saturated heterocycles. The fourth-order valence-corrected chi connectivity index (χ4v) is 9.35. The van der Waals surface area contributed by atoms with E-state index in [9.17, 15) is 35.1 Å². The van der Waals surface area contributed by atoms with Crippen LogP contribution in [0.25, 0.3) is 10.8 Å². The minimum atomic E-state index is -1.76. The lowest BCUT2D eigenvalue weighted by molar-refractivity contribution is -0.181. The van der Waals surface area contributed by atoms with E-state index in [1.807, 2.05) is 6.92 Å². The Kier molecular flexibility index (Phi) is 13.3. The molecule has 2 aromatic rings. The zero-order valence-corrected chi connectivity index (χ0v) is 37.2. The number of piperidine rings is 1. The summed E-state index contributed by atoms with van der Waals surface area (Å²) in [5.74, 6) is -5.36. The first kappa shape index (κ1) is 46.0. The van der Waals surface area contributed by atoms with E-state index in [1.54, 1.807) is 65.8 Å². The Hall–Kier alpha value is -4.54. The molecule has 15 heteroatoms. The molecule has 15 nitrogen and oxygen atoms in total. The summed E-state index contributed by atoms with van der Waals surface area (Å²) in [6.45, 7) is 19.8. The van der Waals surface area contributed by atoms with E-state index in [1.165, 1.54) is 20.3 Å². The third-order valence-electron chi connectivity index (χ3n) is 13.1. The first-order valence-electron chi connectivity index (χ1n) is 21.4. The number of anilines is 1. The molecular weight excluding hydrogens is 785 g/mol. The maximum absolute atomic E-state index is 13.9. The van der Waals surface area contributed by atoms with Crippen LogP contribution in [-0.2, 0) is 23.8 Å². The van der Waals surface area contributed by atoms with E-state index >= 15 is 0 Å². The maximum atomic E-state index is 13.9. The number of nitrogens with zero attached hydrogens (tertiary/aromatic N) is 3. The molecule has 1 spiro atoms. The van der Waals surface area contributed by atoms with Crippen molar-refractivity contribution in [1.29, 1.82) is 0 Å². The number of ether oxygens (including phenoxy) is 4. The number of fused-ring (bicyclic) bond motifs is 1. The van der Waals surface area contributed by atoms with E-state index in [2.05, 4.69) is 24.1 Å². The zero-order valence-electron chi connectivity index (χ0n) is 37.2. The van der Waals surface area contributed by atoms with Gasteiger partial charge in [-0.3, -0.25) is 19.6 Å². The normalized spacial score (nSPS) is 33.9. The molecule has 10 unspecified atom stereocenters. The highest BCUT2D eigenvalue weighted by Crippen LogP contribution is 2.54. The number of rotatable bonds is 4. The van der Waals surface area contributed by atoms with Crippen molar-refractivity contribution < 1.29 is 54.1 Å². The highest BCUT2D eigenvalue weighted by molar-refractivity contribution is 6.08. The Morgan fingerprint density at radius 2 is 1.62 bits per heavy atom. The number of nitrogens with one attached hydrogen (secondary N) is 1. The smallest absolute Gasteiger partial charge is 0.302 e. The molecule has 6 N–H and O–H groups in total. The molecule has 4 aliphatic rings. The van der Waals surface area contributed by atoms with Gasteiger partial charge in [0.05, 0.1) is 35.3 Å². The Balaban J connectivity index is 1.54. The van der Waals surface area contributed by atoms with Gasteiger partial charge in [0, 0.05) is 99.2 Å². The molecule has 4 aliphatic heterocycles. The standard InChI is InChI=1S/C46H64N4O11/c1-22(2)21-50-18-16-46(17-19-50)48-34-31-32-39(54)28(8)42-33(31)43(56)45(10,61-42)59-20-15-30(58-11)25(5)41(60-29(9)51)27(7)38(53)26(6)37(52)23(3)13-12-14-24(4)44(57)47-36(40(32)55)35(34)49-46/h12-15,20,22-23,25-27,30,37-38,41,43,52-56H,16-19,21H2,1-11H3,(H,47,57)/b13-12+,20-15+,24-14-. The van der Waals surface area contributed by atoms with Crippen molar-refractivity contribution >= 4 is 28.3 Å². The van der Waals surface area contributed by atoms with Gasteiger partial charge in [0.2, 0.25) is 0 Å².